The lowest BCUT2D eigenvalue weighted by Crippen LogP contribution is -1.79. The molecule has 0 unspecified atom stereocenters. The molecule has 0 aliphatic rings. The Bertz CT molecular complexity index is 513. The van der Waals surface area contributed by atoms with E-state index in [0.29, 0.717) is 0 Å². The fourth-order valence-corrected chi connectivity index (χ4v) is 2.96. The maximum absolute atomic E-state index is 2.18. The Balaban J connectivity index is 2.16. The Kier molecular flexibility index (Phi) is 4.97. The topological polar surface area (TPSA) is 0 Å². The highest BCUT2D eigenvalue weighted by atomic mass is 32.2. The molecular weight excluding hydrogens is 256 g/mol. The Morgan fingerprint density at radius 2 is 1.50 bits per heavy atom. The molecule has 0 fully saturated rings. The number of benzene rings is 2. The molecule has 0 aromatic heterocycles. The summed E-state index contributed by atoms with van der Waals surface area (Å²) in [5, 5.41) is 0. The van der Waals surface area contributed by atoms with E-state index in [9.17, 15) is 0 Å². The lowest BCUT2D eigenvalue weighted by Gasteiger charge is -2.07. The largest absolute Gasteiger partial charge is 0.130 e. The van der Waals surface area contributed by atoms with Crippen molar-refractivity contribution in [2.75, 3.05) is 6.26 Å². The molecule has 2 heteroatoms. The maximum atomic E-state index is 2.18. The molecule has 0 heterocycles. The normalized spacial score (nSPS) is 11.6. The molecule has 0 N–H and O–H groups in total. The van der Waals surface area contributed by atoms with Crippen molar-refractivity contribution in [1.29, 1.82) is 0 Å². The third-order valence-corrected chi connectivity index (χ3v) is 4.55. The second-order valence-electron chi connectivity index (χ2n) is 3.80. The maximum Gasteiger partial charge on any atom is 0.0152 e. The first kappa shape index (κ1) is 13.3. The van der Waals surface area contributed by atoms with Gasteiger partial charge in [-0.2, -0.15) is 0 Å². The van der Waals surface area contributed by atoms with Crippen molar-refractivity contribution in [3.63, 3.8) is 0 Å². The van der Waals surface area contributed by atoms with Crippen LogP contribution in [0.4, 0.5) is 0 Å². The molecule has 2 aromatic carbocycles. The first-order valence-corrected chi connectivity index (χ1v) is 7.91. The first-order valence-electron chi connectivity index (χ1n) is 5.87. The van der Waals surface area contributed by atoms with E-state index in [-0.39, 0.29) is 0 Å². The molecule has 0 aliphatic heterocycles. The van der Waals surface area contributed by atoms with Gasteiger partial charge in [-0.3, -0.25) is 0 Å². The van der Waals surface area contributed by atoms with Gasteiger partial charge in [0.05, 0.1) is 0 Å². The summed E-state index contributed by atoms with van der Waals surface area (Å²) in [7, 11) is 0. The molecule has 0 amide bonds. The van der Waals surface area contributed by atoms with Crippen LogP contribution in [-0.2, 0) is 0 Å². The van der Waals surface area contributed by atoms with Crippen molar-refractivity contribution in [1.82, 2.24) is 0 Å². The molecule has 0 saturated carbocycles. The second kappa shape index (κ2) is 6.72. The van der Waals surface area contributed by atoms with Crippen LogP contribution in [-0.4, -0.2) is 6.26 Å². The monoisotopic (exact) mass is 272 g/mol. The van der Waals surface area contributed by atoms with Gasteiger partial charge < -0.3 is 0 Å². The standard InChI is InChI=1S/C16H16S2/c1-3-16(13-7-5-4-6-8-13)18-15-11-9-14(17-2)10-12-15/h3-12H,1-2H3/b16-3-. The van der Waals surface area contributed by atoms with Gasteiger partial charge in [0.25, 0.3) is 0 Å². The number of hydrogen-bond acceptors (Lipinski definition) is 2. The van der Waals surface area contributed by atoms with Crippen LogP contribution in [0.3, 0.4) is 0 Å². The molecule has 0 nitrogen and oxygen atoms in total. The number of allylic oxidation sites excluding steroid dienone is 1. The quantitative estimate of drug-likeness (QED) is 0.668. The summed E-state index contributed by atoms with van der Waals surface area (Å²) in [5.74, 6) is 0. The zero-order valence-corrected chi connectivity index (χ0v) is 12.2. The average Bonchev–Trinajstić information content (AvgIpc) is 2.46. The molecule has 2 rings (SSSR count). The second-order valence-corrected chi connectivity index (χ2v) is 5.79. The van der Waals surface area contributed by atoms with Gasteiger partial charge in [-0.25, -0.2) is 0 Å². The van der Waals surface area contributed by atoms with Crippen molar-refractivity contribution in [3.05, 3.63) is 66.2 Å². The summed E-state index contributed by atoms with van der Waals surface area (Å²) >= 11 is 3.59. The molecular formula is C16H16S2. The van der Waals surface area contributed by atoms with Crippen molar-refractivity contribution in [3.8, 4) is 0 Å². The first-order chi connectivity index (χ1) is 8.83. The van der Waals surface area contributed by atoms with E-state index in [1.807, 2.05) is 11.8 Å². The molecule has 0 aliphatic carbocycles. The summed E-state index contributed by atoms with van der Waals surface area (Å²) in [6.45, 7) is 2.09. The van der Waals surface area contributed by atoms with Crippen molar-refractivity contribution >= 4 is 28.4 Å². The van der Waals surface area contributed by atoms with Crippen molar-refractivity contribution < 1.29 is 0 Å². The van der Waals surface area contributed by atoms with Gasteiger partial charge in [0.1, 0.15) is 0 Å². The van der Waals surface area contributed by atoms with Crippen molar-refractivity contribution in [2.45, 2.75) is 16.7 Å². The fraction of sp³-hybridized carbons (Fsp3) is 0.125. The molecule has 0 atom stereocenters. The smallest absolute Gasteiger partial charge is 0.0152 e. The lowest BCUT2D eigenvalue weighted by atomic mass is 10.2. The average molecular weight is 272 g/mol. The summed E-state index contributed by atoms with van der Waals surface area (Å²) in [5.41, 5.74) is 1.28. The van der Waals surface area contributed by atoms with E-state index in [4.69, 9.17) is 0 Å². The summed E-state index contributed by atoms with van der Waals surface area (Å²) < 4.78 is 0. The van der Waals surface area contributed by atoms with E-state index in [1.165, 1.54) is 20.3 Å². The third kappa shape index (κ3) is 3.44. The van der Waals surface area contributed by atoms with Gasteiger partial charge in [0.2, 0.25) is 0 Å². The van der Waals surface area contributed by atoms with Crippen LogP contribution < -0.4 is 0 Å². The van der Waals surface area contributed by atoms with E-state index in [2.05, 4.69) is 73.9 Å². The Morgan fingerprint density at radius 1 is 0.889 bits per heavy atom. The number of hydrogen-bond donors (Lipinski definition) is 0. The number of thioether (sulfide) groups is 2. The molecule has 0 radical (unpaired) electrons. The van der Waals surface area contributed by atoms with E-state index >= 15 is 0 Å². The van der Waals surface area contributed by atoms with E-state index in [1.54, 1.807) is 11.8 Å². The molecule has 18 heavy (non-hydrogen) atoms. The van der Waals surface area contributed by atoms with Crippen LogP contribution in [0, 0.1) is 0 Å². The lowest BCUT2D eigenvalue weighted by molar-refractivity contribution is 1.36. The minimum atomic E-state index is 1.28. The minimum Gasteiger partial charge on any atom is -0.130 e. The zero-order chi connectivity index (χ0) is 12.8. The Hall–Kier alpha value is -1.12. The predicted molar refractivity (Wildman–Crippen MR) is 84.2 cm³/mol. The molecule has 2 aromatic rings. The molecule has 0 bridgehead atoms. The van der Waals surface area contributed by atoms with Crippen LogP contribution >= 0.6 is 23.5 Å². The van der Waals surface area contributed by atoms with Crippen molar-refractivity contribution in [2.24, 2.45) is 0 Å². The van der Waals surface area contributed by atoms with Gasteiger partial charge in [-0.15, -0.1) is 11.8 Å². The van der Waals surface area contributed by atoms with Gasteiger partial charge in [0, 0.05) is 14.7 Å². The van der Waals surface area contributed by atoms with E-state index in [0.717, 1.165) is 0 Å². The predicted octanol–water partition coefficient (Wildman–Crippen LogP) is 5.56. The highest BCUT2D eigenvalue weighted by Crippen LogP contribution is 2.34. The molecule has 0 spiro atoms. The molecule has 92 valence electrons. The van der Waals surface area contributed by atoms with Crippen LogP contribution in [0.2, 0.25) is 0 Å². The zero-order valence-electron chi connectivity index (χ0n) is 10.6. The Labute approximate surface area is 118 Å². The highest BCUT2D eigenvalue weighted by Gasteiger charge is 2.02. The van der Waals surface area contributed by atoms with Gasteiger partial charge in [-0.1, -0.05) is 48.2 Å². The minimum absolute atomic E-state index is 1.28. The summed E-state index contributed by atoms with van der Waals surface area (Å²) in [6, 6.07) is 19.2. The van der Waals surface area contributed by atoms with Gasteiger partial charge in [-0.05, 0) is 43.0 Å². The van der Waals surface area contributed by atoms with E-state index < -0.39 is 0 Å². The fourth-order valence-electron chi connectivity index (χ4n) is 1.66. The van der Waals surface area contributed by atoms with Crippen LogP contribution in [0.25, 0.3) is 4.91 Å². The summed E-state index contributed by atoms with van der Waals surface area (Å²) in [6.07, 6.45) is 4.27. The van der Waals surface area contributed by atoms with Crippen LogP contribution in [0.15, 0.2) is 70.5 Å². The third-order valence-electron chi connectivity index (χ3n) is 2.61. The van der Waals surface area contributed by atoms with Gasteiger partial charge >= 0.3 is 0 Å². The Morgan fingerprint density at radius 3 is 2.06 bits per heavy atom. The molecule has 0 saturated heterocycles. The SMILES string of the molecule is C/C=C(\Sc1ccc(SC)cc1)c1ccccc1. The number of rotatable bonds is 4. The summed E-state index contributed by atoms with van der Waals surface area (Å²) in [4.78, 5) is 3.89. The highest BCUT2D eigenvalue weighted by molar-refractivity contribution is 8.08. The van der Waals surface area contributed by atoms with Crippen LogP contribution in [0.5, 0.6) is 0 Å². The van der Waals surface area contributed by atoms with Crippen LogP contribution in [0.1, 0.15) is 12.5 Å². The van der Waals surface area contributed by atoms with Gasteiger partial charge in [0.15, 0.2) is 0 Å².